The fourth-order valence-electron chi connectivity index (χ4n) is 2.72. The normalized spacial score (nSPS) is 10.9. The minimum Gasteiger partial charge on any atom is -0.322 e. The SMILES string of the molecule is CC(=O)c1ccc(NC(=O)c2cccc(NS(=O)(=O)Cc3ccccc3)c2)cc1. The molecule has 3 aromatic carbocycles. The van der Waals surface area contributed by atoms with Crippen molar-refractivity contribution < 1.29 is 18.0 Å². The van der Waals surface area contributed by atoms with Crippen molar-refractivity contribution in [3.63, 3.8) is 0 Å². The van der Waals surface area contributed by atoms with Gasteiger partial charge in [-0.25, -0.2) is 8.42 Å². The molecule has 0 fully saturated rings. The van der Waals surface area contributed by atoms with Crippen LogP contribution in [0.3, 0.4) is 0 Å². The fourth-order valence-corrected chi connectivity index (χ4v) is 3.91. The predicted molar refractivity (Wildman–Crippen MR) is 114 cm³/mol. The quantitative estimate of drug-likeness (QED) is 0.576. The van der Waals surface area contributed by atoms with E-state index in [-0.39, 0.29) is 17.4 Å². The van der Waals surface area contributed by atoms with Crippen LogP contribution in [-0.2, 0) is 15.8 Å². The van der Waals surface area contributed by atoms with E-state index < -0.39 is 10.0 Å². The number of anilines is 2. The molecule has 3 rings (SSSR count). The molecule has 0 aromatic heterocycles. The minimum atomic E-state index is -3.62. The Morgan fingerprint density at radius 1 is 0.793 bits per heavy atom. The standard InChI is InChI=1S/C22H20N2O4S/c1-16(25)18-10-12-20(13-11-18)23-22(26)19-8-5-9-21(14-19)24-29(27,28)15-17-6-3-2-4-7-17/h2-14,24H,15H2,1H3,(H,23,26). The molecule has 0 atom stereocenters. The summed E-state index contributed by atoms with van der Waals surface area (Å²) >= 11 is 0. The van der Waals surface area contributed by atoms with Crippen LogP contribution in [0.4, 0.5) is 11.4 Å². The number of carbonyl (C=O) groups excluding carboxylic acids is 2. The number of carbonyl (C=O) groups is 2. The molecule has 29 heavy (non-hydrogen) atoms. The molecule has 0 bridgehead atoms. The zero-order chi connectivity index (χ0) is 20.9. The van der Waals surface area contributed by atoms with Crippen LogP contribution >= 0.6 is 0 Å². The Labute approximate surface area is 169 Å². The molecule has 0 radical (unpaired) electrons. The van der Waals surface area contributed by atoms with Crippen molar-refractivity contribution in [2.24, 2.45) is 0 Å². The highest BCUT2D eigenvalue weighted by atomic mass is 32.2. The summed E-state index contributed by atoms with van der Waals surface area (Å²) in [5.41, 5.74) is 2.37. The zero-order valence-corrected chi connectivity index (χ0v) is 16.6. The summed E-state index contributed by atoms with van der Waals surface area (Å²) in [6, 6.07) is 21.6. The molecule has 0 heterocycles. The van der Waals surface area contributed by atoms with E-state index in [0.29, 0.717) is 28.1 Å². The Morgan fingerprint density at radius 2 is 1.48 bits per heavy atom. The summed E-state index contributed by atoms with van der Waals surface area (Å²) in [6.45, 7) is 1.47. The van der Waals surface area contributed by atoms with Crippen molar-refractivity contribution >= 4 is 33.1 Å². The van der Waals surface area contributed by atoms with E-state index in [9.17, 15) is 18.0 Å². The number of nitrogens with one attached hydrogen (secondary N) is 2. The Hall–Kier alpha value is -3.45. The van der Waals surface area contributed by atoms with E-state index >= 15 is 0 Å². The molecule has 0 aliphatic heterocycles. The van der Waals surface area contributed by atoms with Crippen molar-refractivity contribution in [2.45, 2.75) is 12.7 Å². The Balaban J connectivity index is 1.69. The van der Waals surface area contributed by atoms with E-state index in [1.165, 1.54) is 13.0 Å². The van der Waals surface area contributed by atoms with Crippen LogP contribution in [0, 0.1) is 0 Å². The molecule has 0 saturated carbocycles. The number of amides is 1. The van der Waals surface area contributed by atoms with Crippen molar-refractivity contribution in [3.05, 3.63) is 95.6 Å². The number of hydrogen-bond donors (Lipinski definition) is 2. The largest absolute Gasteiger partial charge is 0.322 e. The van der Waals surface area contributed by atoms with Crippen molar-refractivity contribution in [1.29, 1.82) is 0 Å². The third-order valence-corrected chi connectivity index (χ3v) is 5.41. The molecule has 148 valence electrons. The number of sulfonamides is 1. The molecular weight excluding hydrogens is 388 g/mol. The van der Waals surface area contributed by atoms with E-state index in [2.05, 4.69) is 10.0 Å². The maximum atomic E-state index is 12.5. The van der Waals surface area contributed by atoms with Crippen LogP contribution < -0.4 is 10.0 Å². The maximum Gasteiger partial charge on any atom is 0.255 e. The highest BCUT2D eigenvalue weighted by Gasteiger charge is 2.13. The zero-order valence-electron chi connectivity index (χ0n) is 15.8. The first-order valence-corrected chi connectivity index (χ1v) is 10.5. The number of benzene rings is 3. The number of hydrogen-bond acceptors (Lipinski definition) is 4. The van der Waals surface area contributed by atoms with Crippen LogP contribution in [0.5, 0.6) is 0 Å². The molecule has 2 N–H and O–H groups in total. The first-order valence-electron chi connectivity index (χ1n) is 8.89. The first kappa shape index (κ1) is 20.3. The Kier molecular flexibility index (Phi) is 6.09. The molecule has 0 aliphatic rings. The second-order valence-electron chi connectivity index (χ2n) is 6.52. The smallest absolute Gasteiger partial charge is 0.255 e. The van der Waals surface area contributed by atoms with Gasteiger partial charge in [-0.3, -0.25) is 14.3 Å². The van der Waals surface area contributed by atoms with Gasteiger partial charge in [-0.15, -0.1) is 0 Å². The van der Waals surface area contributed by atoms with E-state index in [1.807, 2.05) is 6.07 Å². The second-order valence-corrected chi connectivity index (χ2v) is 8.24. The summed E-state index contributed by atoms with van der Waals surface area (Å²) in [6.07, 6.45) is 0. The number of rotatable bonds is 7. The van der Waals surface area contributed by atoms with Crippen LogP contribution in [0.2, 0.25) is 0 Å². The lowest BCUT2D eigenvalue weighted by Crippen LogP contribution is -2.16. The summed E-state index contributed by atoms with van der Waals surface area (Å²) in [5, 5.41) is 2.73. The van der Waals surface area contributed by atoms with Crippen LogP contribution in [-0.4, -0.2) is 20.1 Å². The molecule has 3 aromatic rings. The molecule has 1 amide bonds. The molecule has 0 unspecified atom stereocenters. The van der Waals surface area contributed by atoms with Crippen LogP contribution in [0.25, 0.3) is 0 Å². The first-order chi connectivity index (χ1) is 13.8. The number of ketones is 1. The van der Waals surface area contributed by atoms with Gasteiger partial charge in [0.1, 0.15) is 0 Å². The fraction of sp³-hybridized carbons (Fsp3) is 0.0909. The maximum absolute atomic E-state index is 12.5. The van der Waals surface area contributed by atoms with Gasteiger partial charge in [0.15, 0.2) is 5.78 Å². The van der Waals surface area contributed by atoms with Gasteiger partial charge in [0.2, 0.25) is 10.0 Å². The third-order valence-electron chi connectivity index (χ3n) is 4.15. The predicted octanol–water partition coefficient (Wildman–Crippen LogP) is 4.08. The summed E-state index contributed by atoms with van der Waals surface area (Å²) in [5.74, 6) is -0.602. The highest BCUT2D eigenvalue weighted by molar-refractivity contribution is 7.91. The topological polar surface area (TPSA) is 92.3 Å². The van der Waals surface area contributed by atoms with Gasteiger partial charge in [-0.1, -0.05) is 36.4 Å². The van der Waals surface area contributed by atoms with Crippen LogP contribution in [0.15, 0.2) is 78.9 Å². The van der Waals surface area contributed by atoms with Gasteiger partial charge in [0.05, 0.1) is 5.75 Å². The van der Waals surface area contributed by atoms with Gasteiger partial charge in [-0.2, -0.15) is 0 Å². The average molecular weight is 408 g/mol. The van der Waals surface area contributed by atoms with E-state index in [1.54, 1.807) is 66.7 Å². The summed E-state index contributed by atoms with van der Waals surface area (Å²) in [4.78, 5) is 23.8. The Morgan fingerprint density at radius 3 is 2.14 bits per heavy atom. The van der Waals surface area contributed by atoms with Crippen molar-refractivity contribution in [2.75, 3.05) is 10.0 Å². The molecule has 0 aliphatic carbocycles. The van der Waals surface area contributed by atoms with E-state index in [0.717, 1.165) is 0 Å². The lowest BCUT2D eigenvalue weighted by Gasteiger charge is -2.10. The minimum absolute atomic E-state index is 0.0571. The van der Waals surface area contributed by atoms with Crippen molar-refractivity contribution in [1.82, 2.24) is 0 Å². The van der Waals surface area contributed by atoms with Gasteiger partial charge in [0, 0.05) is 22.5 Å². The molecule has 6 nitrogen and oxygen atoms in total. The van der Waals surface area contributed by atoms with Gasteiger partial charge in [0.25, 0.3) is 5.91 Å². The molecule has 7 heteroatoms. The van der Waals surface area contributed by atoms with Crippen LogP contribution in [0.1, 0.15) is 33.2 Å². The lowest BCUT2D eigenvalue weighted by atomic mass is 10.1. The average Bonchev–Trinajstić information content (AvgIpc) is 2.68. The number of Topliss-reactive ketones (excluding diaryl/α,β-unsaturated/α-hetero) is 1. The lowest BCUT2D eigenvalue weighted by molar-refractivity contribution is 0.101. The van der Waals surface area contributed by atoms with E-state index in [4.69, 9.17) is 0 Å². The molecule has 0 saturated heterocycles. The van der Waals surface area contributed by atoms with Gasteiger partial charge >= 0.3 is 0 Å². The summed E-state index contributed by atoms with van der Waals surface area (Å²) < 4.78 is 27.3. The van der Waals surface area contributed by atoms with Crippen molar-refractivity contribution in [3.8, 4) is 0 Å². The third kappa shape index (κ3) is 5.76. The highest BCUT2D eigenvalue weighted by Crippen LogP contribution is 2.17. The molecular formula is C22H20N2O4S. The monoisotopic (exact) mass is 408 g/mol. The molecule has 0 spiro atoms. The Bertz CT molecular complexity index is 1120. The van der Waals surface area contributed by atoms with Gasteiger partial charge in [-0.05, 0) is 55.0 Å². The summed E-state index contributed by atoms with van der Waals surface area (Å²) in [7, 11) is -3.62. The van der Waals surface area contributed by atoms with Gasteiger partial charge < -0.3 is 5.32 Å². The second kappa shape index (κ2) is 8.70.